The molecule has 5 rings (SSSR count). The number of hydrogen-bond acceptors (Lipinski definition) is 2. The van der Waals surface area contributed by atoms with Crippen molar-refractivity contribution < 1.29 is 4.79 Å². The van der Waals surface area contributed by atoms with Crippen LogP contribution in [-0.4, -0.2) is 15.5 Å². The van der Waals surface area contributed by atoms with Gasteiger partial charge in [0.2, 0.25) is 5.91 Å². The van der Waals surface area contributed by atoms with Crippen molar-refractivity contribution in [2.24, 2.45) is 13.0 Å². The summed E-state index contributed by atoms with van der Waals surface area (Å²) in [4.78, 5) is 18.0. The predicted molar refractivity (Wildman–Crippen MR) is 119 cm³/mol. The van der Waals surface area contributed by atoms with Crippen LogP contribution in [0.3, 0.4) is 0 Å². The molecule has 3 atom stereocenters. The van der Waals surface area contributed by atoms with Gasteiger partial charge in [0.25, 0.3) is 0 Å². The highest BCUT2D eigenvalue weighted by Gasteiger charge is 2.45. The monoisotopic (exact) mass is 415 g/mol. The van der Waals surface area contributed by atoms with E-state index in [1.54, 1.807) is 0 Å². The molecule has 1 fully saturated rings. The molecule has 0 radical (unpaired) electrons. The number of hydrogen-bond donors (Lipinski definition) is 1. The average molecular weight is 416 g/mol. The van der Waals surface area contributed by atoms with Gasteiger partial charge in [0.15, 0.2) is 0 Å². The molecule has 150 valence electrons. The molecule has 0 bridgehead atoms. The van der Waals surface area contributed by atoms with Gasteiger partial charge < -0.3 is 9.88 Å². The number of imidazole rings is 1. The molecule has 0 saturated heterocycles. The fourth-order valence-corrected chi connectivity index (χ4v) is 4.49. The maximum Gasteiger partial charge on any atom is 0.224 e. The smallest absolute Gasteiger partial charge is 0.224 e. The number of amides is 1. The van der Waals surface area contributed by atoms with Crippen LogP contribution in [0, 0.1) is 5.92 Å². The third-order valence-electron chi connectivity index (χ3n) is 5.93. The molecule has 3 aromatic carbocycles. The number of aryl methyl sites for hydroxylation is 1. The molecule has 1 aliphatic carbocycles. The summed E-state index contributed by atoms with van der Waals surface area (Å²) in [5.41, 5.74) is 4.03. The van der Waals surface area contributed by atoms with Crippen LogP contribution in [0.5, 0.6) is 0 Å². The highest BCUT2D eigenvalue weighted by atomic mass is 35.5. The van der Waals surface area contributed by atoms with Crippen LogP contribution in [0.1, 0.15) is 35.3 Å². The molecule has 5 heteroatoms. The fraction of sp³-hybridized carbons (Fsp3) is 0.200. The van der Waals surface area contributed by atoms with E-state index in [2.05, 4.69) is 9.88 Å². The largest absolute Gasteiger partial charge is 0.342 e. The molecular formula is C25H22ClN3O. The second-order valence-corrected chi connectivity index (χ2v) is 8.25. The van der Waals surface area contributed by atoms with Crippen molar-refractivity contribution >= 4 is 28.5 Å². The van der Waals surface area contributed by atoms with Gasteiger partial charge in [-0.15, -0.1) is 0 Å². The van der Waals surface area contributed by atoms with E-state index in [0.717, 1.165) is 39.4 Å². The molecule has 1 saturated carbocycles. The van der Waals surface area contributed by atoms with E-state index in [1.165, 1.54) is 0 Å². The second kappa shape index (κ2) is 7.62. The SMILES string of the molecule is Cn1c(C(NC(=O)C2CC2c2ccccc2Cl)c2ccccc2)nc2ccccc21. The van der Waals surface area contributed by atoms with Crippen LogP contribution in [0.25, 0.3) is 11.0 Å². The zero-order valence-electron chi connectivity index (χ0n) is 16.6. The van der Waals surface area contributed by atoms with Gasteiger partial charge in [0.1, 0.15) is 11.9 Å². The van der Waals surface area contributed by atoms with Crippen LogP contribution >= 0.6 is 11.6 Å². The van der Waals surface area contributed by atoms with Crippen LogP contribution in [0.15, 0.2) is 78.9 Å². The number of nitrogens with zero attached hydrogens (tertiary/aromatic N) is 2. The molecule has 1 N–H and O–H groups in total. The lowest BCUT2D eigenvalue weighted by Crippen LogP contribution is -2.32. The molecule has 4 aromatic rings. The number of para-hydroxylation sites is 2. The number of fused-ring (bicyclic) bond motifs is 1. The van der Waals surface area contributed by atoms with E-state index >= 15 is 0 Å². The van der Waals surface area contributed by atoms with E-state index in [9.17, 15) is 4.79 Å². The Bertz CT molecular complexity index is 1220. The number of benzene rings is 3. The van der Waals surface area contributed by atoms with Gasteiger partial charge in [0, 0.05) is 18.0 Å². The van der Waals surface area contributed by atoms with Crippen molar-refractivity contribution in [2.75, 3.05) is 0 Å². The van der Waals surface area contributed by atoms with Crippen molar-refractivity contribution in [1.82, 2.24) is 14.9 Å². The van der Waals surface area contributed by atoms with Gasteiger partial charge >= 0.3 is 0 Å². The van der Waals surface area contributed by atoms with Crippen molar-refractivity contribution in [3.8, 4) is 0 Å². The van der Waals surface area contributed by atoms with E-state index in [-0.39, 0.29) is 23.8 Å². The van der Waals surface area contributed by atoms with Gasteiger partial charge in [-0.1, -0.05) is 72.3 Å². The summed E-state index contributed by atoms with van der Waals surface area (Å²) < 4.78 is 2.06. The first-order chi connectivity index (χ1) is 14.6. The molecule has 1 amide bonds. The van der Waals surface area contributed by atoms with Crippen molar-refractivity contribution in [2.45, 2.75) is 18.4 Å². The zero-order valence-corrected chi connectivity index (χ0v) is 17.4. The Hall–Kier alpha value is -3.11. The zero-order chi connectivity index (χ0) is 20.7. The normalized spacial score (nSPS) is 18.9. The number of aromatic nitrogens is 2. The van der Waals surface area contributed by atoms with Gasteiger partial charge in [-0.05, 0) is 41.7 Å². The molecule has 1 aromatic heterocycles. The summed E-state index contributed by atoms with van der Waals surface area (Å²) in [7, 11) is 2.00. The standard InChI is InChI=1S/C25H22ClN3O/c1-29-22-14-8-7-13-21(22)27-24(29)23(16-9-3-2-4-10-16)28-25(30)19-15-18(19)17-11-5-6-12-20(17)26/h2-14,18-19,23H,15H2,1H3,(H,28,30). The molecule has 0 aliphatic heterocycles. The number of halogens is 1. The minimum atomic E-state index is -0.316. The van der Waals surface area contributed by atoms with E-state index in [1.807, 2.05) is 85.9 Å². The summed E-state index contributed by atoms with van der Waals surface area (Å²) in [5, 5.41) is 4.00. The summed E-state index contributed by atoms with van der Waals surface area (Å²) >= 11 is 6.35. The molecule has 4 nitrogen and oxygen atoms in total. The first kappa shape index (κ1) is 18.9. The Labute approximate surface area is 180 Å². The number of rotatable bonds is 5. The van der Waals surface area contributed by atoms with Crippen LogP contribution < -0.4 is 5.32 Å². The highest BCUT2D eigenvalue weighted by Crippen LogP contribution is 2.50. The third kappa shape index (κ3) is 3.37. The highest BCUT2D eigenvalue weighted by molar-refractivity contribution is 6.31. The Morgan fingerprint density at radius 3 is 2.50 bits per heavy atom. The third-order valence-corrected chi connectivity index (χ3v) is 6.28. The van der Waals surface area contributed by atoms with E-state index in [0.29, 0.717) is 0 Å². The van der Waals surface area contributed by atoms with E-state index < -0.39 is 0 Å². The Morgan fingerprint density at radius 1 is 1.03 bits per heavy atom. The lowest BCUT2D eigenvalue weighted by molar-refractivity contribution is -0.123. The van der Waals surface area contributed by atoms with E-state index in [4.69, 9.17) is 16.6 Å². The Kier molecular flexibility index (Phi) is 4.80. The minimum Gasteiger partial charge on any atom is -0.342 e. The van der Waals surface area contributed by atoms with Crippen molar-refractivity contribution in [3.05, 3.63) is 101 Å². The molecule has 30 heavy (non-hydrogen) atoms. The first-order valence-electron chi connectivity index (χ1n) is 10.1. The van der Waals surface area contributed by atoms with Gasteiger partial charge in [-0.2, -0.15) is 0 Å². The van der Waals surface area contributed by atoms with Crippen molar-refractivity contribution in [3.63, 3.8) is 0 Å². The summed E-state index contributed by atoms with van der Waals surface area (Å²) in [6.45, 7) is 0. The topological polar surface area (TPSA) is 46.9 Å². The predicted octanol–water partition coefficient (Wildman–Crippen LogP) is 5.24. The molecular weight excluding hydrogens is 394 g/mol. The van der Waals surface area contributed by atoms with Crippen LogP contribution in [0.4, 0.5) is 0 Å². The van der Waals surface area contributed by atoms with Gasteiger partial charge in [-0.25, -0.2) is 4.98 Å². The fourth-order valence-electron chi connectivity index (χ4n) is 4.22. The number of carbonyl (C=O) groups is 1. The quantitative estimate of drug-likeness (QED) is 0.484. The number of nitrogens with one attached hydrogen (secondary N) is 1. The average Bonchev–Trinajstić information content (AvgIpc) is 3.51. The van der Waals surface area contributed by atoms with Crippen LogP contribution in [-0.2, 0) is 11.8 Å². The summed E-state index contributed by atoms with van der Waals surface area (Å²) in [6.07, 6.45) is 0.819. The first-order valence-corrected chi connectivity index (χ1v) is 10.5. The summed E-state index contributed by atoms with van der Waals surface area (Å²) in [5.74, 6) is 0.980. The van der Waals surface area contributed by atoms with Crippen molar-refractivity contribution in [1.29, 1.82) is 0 Å². The molecule has 1 aliphatic rings. The Morgan fingerprint density at radius 2 is 1.73 bits per heavy atom. The van der Waals surface area contributed by atoms with Crippen LogP contribution in [0.2, 0.25) is 5.02 Å². The molecule has 0 spiro atoms. The summed E-state index contributed by atoms with van der Waals surface area (Å²) in [6, 6.07) is 25.5. The van der Waals surface area contributed by atoms with Gasteiger partial charge in [0.05, 0.1) is 11.0 Å². The minimum absolute atomic E-state index is 0.0424. The second-order valence-electron chi connectivity index (χ2n) is 7.84. The molecule has 1 heterocycles. The lowest BCUT2D eigenvalue weighted by atomic mass is 10.0. The molecule has 3 unspecified atom stereocenters. The Balaban J connectivity index is 1.46. The lowest BCUT2D eigenvalue weighted by Gasteiger charge is -2.19. The maximum atomic E-state index is 13.2. The number of carbonyl (C=O) groups excluding carboxylic acids is 1. The van der Waals surface area contributed by atoms with Gasteiger partial charge in [-0.3, -0.25) is 4.79 Å². The maximum absolute atomic E-state index is 13.2.